The maximum absolute atomic E-state index is 13.1. The molecule has 2 aliphatic heterocycles. The summed E-state index contributed by atoms with van der Waals surface area (Å²) in [4.78, 5) is 15.3. The first kappa shape index (κ1) is 19.8. The Labute approximate surface area is 184 Å². The van der Waals surface area contributed by atoms with Crippen LogP contribution in [0.25, 0.3) is 0 Å². The summed E-state index contributed by atoms with van der Waals surface area (Å²) in [5.41, 5.74) is 3.43. The van der Waals surface area contributed by atoms with Crippen molar-refractivity contribution >= 4 is 17.3 Å². The molecule has 2 aromatic carbocycles. The molecule has 31 heavy (non-hydrogen) atoms. The third-order valence-electron chi connectivity index (χ3n) is 5.93. The van der Waals surface area contributed by atoms with E-state index in [0.717, 1.165) is 23.1 Å². The lowest BCUT2D eigenvalue weighted by Gasteiger charge is -2.43. The van der Waals surface area contributed by atoms with Crippen molar-refractivity contribution in [1.82, 2.24) is 9.78 Å². The summed E-state index contributed by atoms with van der Waals surface area (Å²) >= 11 is 6.55. The first-order chi connectivity index (χ1) is 15.1. The number of hydrogen-bond donors (Lipinski definition) is 0. The molecule has 8 heteroatoms. The maximum atomic E-state index is 13.1. The standard InChI is InChI=1S/C23H22ClN3O4/c1-29-19-10-16(24)15-8-9-26-17-11-25-27(12-14-6-4-3-5-7-14)23(28)21(17)31-13-18(26)20(15)22(19)30-2/h3-7,10-11,18H,8-9,12-13H2,1-2H3. The lowest BCUT2D eigenvalue weighted by molar-refractivity contribution is 0.246. The molecule has 0 saturated carbocycles. The van der Waals surface area contributed by atoms with E-state index in [2.05, 4.69) is 10.00 Å². The Morgan fingerprint density at radius 2 is 2.03 bits per heavy atom. The van der Waals surface area contributed by atoms with Gasteiger partial charge < -0.3 is 19.1 Å². The highest BCUT2D eigenvalue weighted by molar-refractivity contribution is 6.31. The van der Waals surface area contributed by atoms with E-state index in [9.17, 15) is 4.79 Å². The minimum Gasteiger partial charge on any atom is -0.493 e. The van der Waals surface area contributed by atoms with Crippen molar-refractivity contribution < 1.29 is 14.2 Å². The fourth-order valence-electron chi connectivity index (χ4n) is 4.47. The maximum Gasteiger partial charge on any atom is 0.311 e. The molecule has 1 unspecified atom stereocenters. The van der Waals surface area contributed by atoms with E-state index in [1.165, 1.54) is 4.68 Å². The molecule has 1 aromatic heterocycles. The van der Waals surface area contributed by atoms with Gasteiger partial charge in [0.2, 0.25) is 5.75 Å². The average molecular weight is 440 g/mol. The van der Waals surface area contributed by atoms with Crippen LogP contribution in [0.4, 0.5) is 5.69 Å². The Morgan fingerprint density at radius 1 is 1.23 bits per heavy atom. The quantitative estimate of drug-likeness (QED) is 0.620. The fourth-order valence-corrected chi connectivity index (χ4v) is 4.77. The number of rotatable bonds is 4. The van der Waals surface area contributed by atoms with Gasteiger partial charge in [0.15, 0.2) is 11.5 Å². The van der Waals surface area contributed by atoms with Gasteiger partial charge in [-0.15, -0.1) is 0 Å². The average Bonchev–Trinajstić information content (AvgIpc) is 2.80. The second-order valence-electron chi connectivity index (χ2n) is 7.56. The lowest BCUT2D eigenvalue weighted by atomic mass is 9.90. The molecular weight excluding hydrogens is 418 g/mol. The van der Waals surface area contributed by atoms with Crippen LogP contribution >= 0.6 is 11.6 Å². The van der Waals surface area contributed by atoms with Crippen LogP contribution in [-0.2, 0) is 13.0 Å². The van der Waals surface area contributed by atoms with Crippen molar-refractivity contribution in [2.24, 2.45) is 0 Å². The van der Waals surface area contributed by atoms with Gasteiger partial charge in [-0.3, -0.25) is 4.79 Å². The van der Waals surface area contributed by atoms with Gasteiger partial charge in [0, 0.05) is 23.2 Å². The third-order valence-corrected chi connectivity index (χ3v) is 6.26. The molecule has 0 radical (unpaired) electrons. The van der Waals surface area contributed by atoms with E-state index in [1.807, 2.05) is 30.3 Å². The minimum absolute atomic E-state index is 0.148. The first-order valence-corrected chi connectivity index (χ1v) is 10.5. The summed E-state index contributed by atoms with van der Waals surface area (Å²) < 4.78 is 18.6. The minimum atomic E-state index is -0.235. The molecular formula is C23H22ClN3O4. The number of benzene rings is 2. The molecule has 0 fully saturated rings. The summed E-state index contributed by atoms with van der Waals surface area (Å²) in [7, 11) is 3.21. The Hall–Kier alpha value is -3.19. The second-order valence-corrected chi connectivity index (χ2v) is 7.97. The predicted octanol–water partition coefficient (Wildman–Crippen LogP) is 3.46. The molecule has 0 saturated heterocycles. The monoisotopic (exact) mass is 439 g/mol. The summed E-state index contributed by atoms with van der Waals surface area (Å²) in [6.45, 7) is 1.40. The molecule has 7 nitrogen and oxygen atoms in total. The molecule has 1 atom stereocenters. The van der Waals surface area contributed by atoms with Crippen molar-refractivity contribution in [2.75, 3.05) is 32.3 Å². The molecule has 0 N–H and O–H groups in total. The number of aromatic nitrogens is 2. The molecule has 2 aliphatic rings. The smallest absolute Gasteiger partial charge is 0.311 e. The molecule has 0 spiro atoms. The SMILES string of the molecule is COc1cc(Cl)c2c(c1OC)C1COc3c(cnn(Cc4ccccc4)c3=O)N1CC2. The zero-order valence-corrected chi connectivity index (χ0v) is 18.1. The van der Waals surface area contributed by atoms with Crippen LogP contribution in [0.3, 0.4) is 0 Å². The van der Waals surface area contributed by atoms with Crippen molar-refractivity contribution in [3.8, 4) is 17.2 Å². The van der Waals surface area contributed by atoms with Gasteiger partial charge in [0.05, 0.1) is 33.0 Å². The highest BCUT2D eigenvalue weighted by Gasteiger charge is 2.39. The summed E-state index contributed by atoms with van der Waals surface area (Å²) in [5, 5.41) is 5.08. The number of anilines is 1. The van der Waals surface area contributed by atoms with Crippen LogP contribution in [0.2, 0.25) is 5.02 Å². The molecule has 0 aliphatic carbocycles. The van der Waals surface area contributed by atoms with Crippen LogP contribution in [-0.4, -0.2) is 37.2 Å². The first-order valence-electron chi connectivity index (χ1n) is 10.1. The Balaban J connectivity index is 1.56. The Kier molecular flexibility index (Phi) is 4.98. The normalized spacial score (nSPS) is 16.6. The van der Waals surface area contributed by atoms with E-state index >= 15 is 0 Å². The number of halogens is 1. The Bertz CT molecular complexity index is 1200. The summed E-state index contributed by atoms with van der Waals surface area (Å²) in [6, 6.07) is 11.4. The molecule has 0 amide bonds. The third kappa shape index (κ3) is 3.20. The van der Waals surface area contributed by atoms with E-state index in [-0.39, 0.29) is 11.6 Å². The Morgan fingerprint density at radius 3 is 2.77 bits per heavy atom. The fraction of sp³-hybridized carbons (Fsp3) is 0.304. The number of fused-ring (bicyclic) bond motifs is 5. The lowest BCUT2D eigenvalue weighted by Crippen LogP contribution is -2.44. The second kappa shape index (κ2) is 7.81. The predicted molar refractivity (Wildman–Crippen MR) is 118 cm³/mol. The van der Waals surface area contributed by atoms with E-state index in [1.54, 1.807) is 26.5 Å². The number of nitrogens with zero attached hydrogens (tertiary/aromatic N) is 3. The zero-order valence-electron chi connectivity index (χ0n) is 17.3. The van der Waals surface area contributed by atoms with Gasteiger partial charge in [-0.1, -0.05) is 41.9 Å². The number of ether oxygens (including phenoxy) is 3. The molecule has 0 bridgehead atoms. The topological polar surface area (TPSA) is 65.8 Å². The number of hydrogen-bond acceptors (Lipinski definition) is 6. The van der Waals surface area contributed by atoms with Crippen molar-refractivity contribution in [3.63, 3.8) is 0 Å². The molecule has 160 valence electrons. The summed E-state index contributed by atoms with van der Waals surface area (Å²) in [6.07, 6.45) is 2.43. The van der Waals surface area contributed by atoms with Crippen molar-refractivity contribution in [3.05, 3.63) is 74.7 Å². The van der Waals surface area contributed by atoms with Gasteiger partial charge in [-0.2, -0.15) is 5.10 Å². The van der Waals surface area contributed by atoms with Crippen molar-refractivity contribution in [2.45, 2.75) is 19.0 Å². The zero-order chi connectivity index (χ0) is 21.5. The van der Waals surface area contributed by atoms with E-state index in [4.69, 9.17) is 25.8 Å². The highest BCUT2D eigenvalue weighted by atomic mass is 35.5. The number of methoxy groups -OCH3 is 2. The molecule has 5 rings (SSSR count). The van der Waals surface area contributed by atoms with Gasteiger partial charge in [0.25, 0.3) is 0 Å². The largest absolute Gasteiger partial charge is 0.493 e. The van der Waals surface area contributed by atoms with Gasteiger partial charge in [0.1, 0.15) is 12.3 Å². The summed E-state index contributed by atoms with van der Waals surface area (Å²) in [5.74, 6) is 1.56. The van der Waals surface area contributed by atoms with Crippen LogP contribution < -0.4 is 24.7 Å². The van der Waals surface area contributed by atoms with Crippen LogP contribution in [0.15, 0.2) is 47.4 Å². The van der Waals surface area contributed by atoms with Crippen LogP contribution in [0, 0.1) is 0 Å². The van der Waals surface area contributed by atoms with Crippen LogP contribution in [0.1, 0.15) is 22.7 Å². The van der Waals surface area contributed by atoms with Gasteiger partial charge >= 0.3 is 5.56 Å². The van der Waals surface area contributed by atoms with Crippen LogP contribution in [0.5, 0.6) is 17.2 Å². The molecule has 3 heterocycles. The van der Waals surface area contributed by atoms with Gasteiger partial charge in [-0.25, -0.2) is 4.68 Å². The van der Waals surface area contributed by atoms with E-state index < -0.39 is 0 Å². The molecule has 3 aromatic rings. The van der Waals surface area contributed by atoms with E-state index in [0.29, 0.717) is 47.7 Å². The van der Waals surface area contributed by atoms with Crippen molar-refractivity contribution in [1.29, 1.82) is 0 Å². The highest BCUT2D eigenvalue weighted by Crippen LogP contribution is 2.49. The van der Waals surface area contributed by atoms with Gasteiger partial charge in [-0.05, 0) is 17.5 Å².